The van der Waals surface area contributed by atoms with Gasteiger partial charge in [-0.3, -0.25) is 18.7 Å². The molecule has 2 heterocycles. The van der Waals surface area contributed by atoms with E-state index in [2.05, 4.69) is 16.0 Å². The lowest BCUT2D eigenvalue weighted by atomic mass is 10.1. The fraction of sp³-hybridized carbons (Fsp3) is 0.286. The van der Waals surface area contributed by atoms with Gasteiger partial charge in [-0.25, -0.2) is 8.42 Å². The van der Waals surface area contributed by atoms with Gasteiger partial charge in [0.1, 0.15) is 6.04 Å². The summed E-state index contributed by atoms with van der Waals surface area (Å²) >= 11 is 0. The second-order valence-electron chi connectivity index (χ2n) is 7.44. The molecule has 3 amide bonds. The molecule has 1 unspecified atom stereocenters. The summed E-state index contributed by atoms with van der Waals surface area (Å²) < 4.78 is 25.4. The first-order valence-electron chi connectivity index (χ1n) is 9.94. The zero-order valence-corrected chi connectivity index (χ0v) is 17.4. The minimum atomic E-state index is -3.26. The largest absolute Gasteiger partial charge is 0.340 e. The Balaban J connectivity index is 1.33. The Morgan fingerprint density at radius 2 is 1.84 bits per heavy atom. The Bertz CT molecular complexity index is 1130. The molecule has 10 heteroatoms. The number of amides is 3. The van der Waals surface area contributed by atoms with Crippen LogP contribution in [0.15, 0.2) is 48.5 Å². The van der Waals surface area contributed by atoms with Crippen molar-refractivity contribution in [3.05, 3.63) is 54.1 Å². The van der Waals surface area contributed by atoms with Crippen molar-refractivity contribution in [1.29, 1.82) is 0 Å². The lowest BCUT2D eigenvalue weighted by Gasteiger charge is -2.17. The summed E-state index contributed by atoms with van der Waals surface area (Å²) in [5.74, 6) is -0.915. The number of carbonyl (C=O) groups excluding carboxylic acids is 3. The normalized spacial score (nSPS) is 19.7. The molecule has 4 rings (SSSR count). The Hall–Kier alpha value is -3.40. The number of fused-ring (bicyclic) bond motifs is 1. The number of benzene rings is 2. The summed E-state index contributed by atoms with van der Waals surface area (Å²) in [7, 11) is -3.26. The average Bonchev–Trinajstić information content (AvgIpc) is 3.04. The smallest absolute Gasteiger partial charge is 0.254 e. The van der Waals surface area contributed by atoms with E-state index in [-0.39, 0.29) is 36.3 Å². The highest BCUT2D eigenvalue weighted by Crippen LogP contribution is 2.25. The molecule has 1 fully saturated rings. The average molecular weight is 442 g/mol. The standard InChI is InChI=1S/C21H22N4O5S/c26-19(22-14-6-8-15(9-7-14)25-12-3-13-31(25,29)30)11-10-18-21(28)23-17-5-2-1-4-16(17)20(27)24-18/h1-2,4-9,18H,3,10-13H2,(H,22,26)(H,23,28)(H,24,27). The SMILES string of the molecule is O=C(CCC1NC(=O)c2ccccc2NC1=O)Nc1ccc(N2CCCS2(=O)=O)cc1. The Labute approximate surface area is 179 Å². The van der Waals surface area contributed by atoms with Crippen molar-refractivity contribution in [2.45, 2.75) is 25.3 Å². The van der Waals surface area contributed by atoms with Crippen molar-refractivity contribution in [3.8, 4) is 0 Å². The molecule has 2 aliphatic heterocycles. The zero-order chi connectivity index (χ0) is 22.0. The molecule has 3 N–H and O–H groups in total. The molecular weight excluding hydrogens is 420 g/mol. The molecule has 0 bridgehead atoms. The van der Waals surface area contributed by atoms with Crippen molar-refractivity contribution in [2.24, 2.45) is 0 Å². The van der Waals surface area contributed by atoms with Gasteiger partial charge in [0, 0.05) is 18.7 Å². The van der Waals surface area contributed by atoms with Crippen molar-refractivity contribution >= 4 is 44.8 Å². The van der Waals surface area contributed by atoms with E-state index < -0.39 is 16.1 Å². The molecule has 2 aliphatic rings. The van der Waals surface area contributed by atoms with Gasteiger partial charge in [0.05, 0.1) is 22.7 Å². The van der Waals surface area contributed by atoms with E-state index in [1.54, 1.807) is 48.5 Å². The minimum Gasteiger partial charge on any atom is -0.340 e. The molecule has 162 valence electrons. The van der Waals surface area contributed by atoms with E-state index in [1.807, 2.05) is 0 Å². The topological polar surface area (TPSA) is 125 Å². The van der Waals surface area contributed by atoms with Crippen LogP contribution in [0.4, 0.5) is 17.1 Å². The van der Waals surface area contributed by atoms with Gasteiger partial charge in [-0.1, -0.05) is 12.1 Å². The van der Waals surface area contributed by atoms with E-state index in [0.717, 1.165) is 0 Å². The number of anilines is 3. The highest BCUT2D eigenvalue weighted by atomic mass is 32.2. The lowest BCUT2D eigenvalue weighted by Crippen LogP contribution is -2.41. The quantitative estimate of drug-likeness (QED) is 0.650. The van der Waals surface area contributed by atoms with Gasteiger partial charge in [0.25, 0.3) is 5.91 Å². The van der Waals surface area contributed by atoms with Crippen LogP contribution in [0.1, 0.15) is 29.6 Å². The monoisotopic (exact) mass is 442 g/mol. The van der Waals surface area contributed by atoms with Crippen LogP contribution in [0.25, 0.3) is 0 Å². The Kier molecular flexibility index (Phi) is 5.64. The van der Waals surface area contributed by atoms with E-state index in [9.17, 15) is 22.8 Å². The first-order valence-corrected chi connectivity index (χ1v) is 11.6. The van der Waals surface area contributed by atoms with Gasteiger partial charge < -0.3 is 16.0 Å². The molecule has 0 spiro atoms. The van der Waals surface area contributed by atoms with Gasteiger partial charge in [0.2, 0.25) is 21.8 Å². The van der Waals surface area contributed by atoms with Crippen LogP contribution in [0.5, 0.6) is 0 Å². The summed E-state index contributed by atoms with van der Waals surface area (Å²) in [6, 6.07) is 12.5. The summed E-state index contributed by atoms with van der Waals surface area (Å²) in [5.41, 5.74) is 1.90. The van der Waals surface area contributed by atoms with Crippen LogP contribution in [0.3, 0.4) is 0 Å². The van der Waals surface area contributed by atoms with Gasteiger partial charge in [-0.2, -0.15) is 0 Å². The van der Waals surface area contributed by atoms with Crippen molar-refractivity contribution in [1.82, 2.24) is 5.32 Å². The first kappa shape index (κ1) is 20.9. The number of carbonyl (C=O) groups is 3. The van der Waals surface area contributed by atoms with Crippen LogP contribution < -0.4 is 20.3 Å². The van der Waals surface area contributed by atoms with Crippen LogP contribution >= 0.6 is 0 Å². The third-order valence-electron chi connectivity index (χ3n) is 5.25. The third-order valence-corrected chi connectivity index (χ3v) is 7.12. The number of rotatable bonds is 5. The highest BCUT2D eigenvalue weighted by Gasteiger charge is 2.29. The summed E-state index contributed by atoms with van der Waals surface area (Å²) in [6.45, 7) is 0.451. The molecule has 1 saturated heterocycles. The molecule has 31 heavy (non-hydrogen) atoms. The van der Waals surface area contributed by atoms with E-state index in [1.165, 1.54) is 4.31 Å². The summed E-state index contributed by atoms with van der Waals surface area (Å²) in [5, 5.41) is 8.09. The molecule has 2 aromatic rings. The van der Waals surface area contributed by atoms with Crippen molar-refractivity contribution < 1.29 is 22.8 Å². The predicted octanol–water partition coefficient (Wildman–Crippen LogP) is 1.70. The summed E-state index contributed by atoms with van der Waals surface area (Å²) in [4.78, 5) is 37.1. The number of hydrogen-bond acceptors (Lipinski definition) is 5. The molecule has 0 saturated carbocycles. The van der Waals surface area contributed by atoms with Gasteiger partial charge in [-0.15, -0.1) is 0 Å². The maximum atomic E-state index is 12.4. The second-order valence-corrected chi connectivity index (χ2v) is 9.45. The van der Waals surface area contributed by atoms with Crippen molar-refractivity contribution in [2.75, 3.05) is 27.2 Å². The molecule has 1 atom stereocenters. The molecular formula is C21H22N4O5S. The first-order chi connectivity index (χ1) is 14.8. The minimum absolute atomic E-state index is 0.0248. The zero-order valence-electron chi connectivity index (χ0n) is 16.6. The number of hydrogen-bond donors (Lipinski definition) is 3. The molecule has 9 nitrogen and oxygen atoms in total. The Morgan fingerprint density at radius 1 is 1.10 bits per heavy atom. The maximum absolute atomic E-state index is 12.4. The van der Waals surface area contributed by atoms with Crippen LogP contribution in [-0.2, 0) is 19.6 Å². The molecule has 0 radical (unpaired) electrons. The number of sulfonamides is 1. The van der Waals surface area contributed by atoms with Crippen LogP contribution in [0.2, 0.25) is 0 Å². The van der Waals surface area contributed by atoms with Gasteiger partial charge in [0.15, 0.2) is 0 Å². The Morgan fingerprint density at radius 3 is 2.55 bits per heavy atom. The fourth-order valence-electron chi connectivity index (χ4n) is 3.65. The second kappa shape index (κ2) is 8.38. The van der Waals surface area contributed by atoms with Gasteiger partial charge in [-0.05, 0) is 49.2 Å². The van der Waals surface area contributed by atoms with Crippen molar-refractivity contribution in [3.63, 3.8) is 0 Å². The van der Waals surface area contributed by atoms with E-state index in [4.69, 9.17) is 0 Å². The van der Waals surface area contributed by atoms with Gasteiger partial charge >= 0.3 is 0 Å². The molecule has 2 aromatic carbocycles. The molecule has 0 aromatic heterocycles. The fourth-order valence-corrected chi connectivity index (χ4v) is 5.22. The highest BCUT2D eigenvalue weighted by molar-refractivity contribution is 7.93. The number of nitrogens with zero attached hydrogens (tertiary/aromatic N) is 1. The van der Waals surface area contributed by atoms with Crippen LogP contribution in [-0.4, -0.2) is 44.5 Å². The number of nitrogens with one attached hydrogen (secondary N) is 3. The number of para-hydroxylation sites is 1. The third kappa shape index (κ3) is 4.53. The molecule has 0 aliphatic carbocycles. The van der Waals surface area contributed by atoms with E-state index >= 15 is 0 Å². The summed E-state index contributed by atoms with van der Waals surface area (Å²) in [6.07, 6.45) is 0.760. The van der Waals surface area contributed by atoms with Crippen LogP contribution in [0, 0.1) is 0 Å². The maximum Gasteiger partial charge on any atom is 0.254 e. The van der Waals surface area contributed by atoms with E-state index in [0.29, 0.717) is 35.6 Å². The predicted molar refractivity (Wildman–Crippen MR) is 116 cm³/mol. The lowest BCUT2D eigenvalue weighted by molar-refractivity contribution is -0.118.